The molecule has 3 N–H and O–H groups in total. The van der Waals surface area contributed by atoms with Crippen molar-refractivity contribution >= 4 is 27.3 Å². The van der Waals surface area contributed by atoms with E-state index in [4.69, 9.17) is 5.14 Å². The Balaban J connectivity index is 1.59. The molecule has 1 atom stereocenters. The number of primary sulfonamides is 1. The van der Waals surface area contributed by atoms with Crippen LogP contribution in [0.2, 0.25) is 0 Å². The quantitative estimate of drug-likeness (QED) is 0.598. The Morgan fingerprint density at radius 3 is 2.92 bits per heavy atom. The average molecular weight is 383 g/mol. The molecule has 2 aromatic heterocycles. The minimum Gasteiger partial charge on any atom is -0.351 e. The SMILES string of the molecule is CN=C(NCc1ccc(S(N)(=O)=O)s1)N1CCC(c2cnn(C)c2)C1. The van der Waals surface area contributed by atoms with Gasteiger partial charge in [0.2, 0.25) is 10.0 Å². The zero-order valence-electron chi connectivity index (χ0n) is 14.2. The van der Waals surface area contributed by atoms with Gasteiger partial charge in [0.15, 0.2) is 5.96 Å². The van der Waals surface area contributed by atoms with Crippen LogP contribution in [0.3, 0.4) is 0 Å². The van der Waals surface area contributed by atoms with Crippen LogP contribution in [0.1, 0.15) is 22.8 Å². The van der Waals surface area contributed by atoms with Crippen LogP contribution >= 0.6 is 11.3 Å². The summed E-state index contributed by atoms with van der Waals surface area (Å²) in [6.45, 7) is 2.32. The van der Waals surface area contributed by atoms with Gasteiger partial charge in [-0.05, 0) is 24.1 Å². The van der Waals surface area contributed by atoms with Crippen LogP contribution in [0.4, 0.5) is 0 Å². The summed E-state index contributed by atoms with van der Waals surface area (Å²) in [7, 11) is 0.0425. The van der Waals surface area contributed by atoms with Gasteiger partial charge in [-0.1, -0.05) is 0 Å². The third-order valence-electron chi connectivity index (χ3n) is 4.23. The Morgan fingerprint density at radius 2 is 2.32 bits per heavy atom. The average Bonchev–Trinajstić information content (AvgIpc) is 3.26. The minimum atomic E-state index is -3.64. The van der Waals surface area contributed by atoms with E-state index >= 15 is 0 Å². The Hall–Kier alpha value is -1.91. The Kier molecular flexibility index (Phi) is 5.11. The molecule has 2 aromatic rings. The molecule has 1 aliphatic heterocycles. The van der Waals surface area contributed by atoms with Crippen molar-refractivity contribution in [1.82, 2.24) is 20.0 Å². The van der Waals surface area contributed by atoms with Gasteiger partial charge < -0.3 is 10.2 Å². The summed E-state index contributed by atoms with van der Waals surface area (Å²) in [6, 6.07) is 3.31. The number of sulfonamides is 1. The van der Waals surface area contributed by atoms with Crippen molar-refractivity contribution in [2.45, 2.75) is 23.1 Å². The summed E-state index contributed by atoms with van der Waals surface area (Å²) in [5.41, 5.74) is 1.25. The number of hydrogen-bond acceptors (Lipinski definition) is 5. The highest BCUT2D eigenvalue weighted by molar-refractivity contribution is 7.91. The molecule has 136 valence electrons. The van der Waals surface area contributed by atoms with E-state index in [0.717, 1.165) is 30.3 Å². The first-order valence-electron chi connectivity index (χ1n) is 7.92. The second-order valence-electron chi connectivity index (χ2n) is 6.05. The monoisotopic (exact) mass is 382 g/mol. The molecule has 0 saturated carbocycles. The molecular formula is C15H22N6O2S2. The molecule has 0 radical (unpaired) electrons. The standard InChI is InChI=1S/C15H22N6O2S2/c1-17-15(18-8-13-3-4-14(24-13)25(16,22)23)21-6-5-11(10-21)12-7-19-20(2)9-12/h3-4,7,9,11H,5-6,8,10H2,1-2H3,(H,17,18)(H2,16,22,23). The van der Waals surface area contributed by atoms with Crippen molar-refractivity contribution < 1.29 is 8.42 Å². The number of nitrogens with zero attached hydrogens (tertiary/aromatic N) is 4. The first-order chi connectivity index (χ1) is 11.9. The maximum atomic E-state index is 11.4. The topological polar surface area (TPSA) is 106 Å². The smallest absolute Gasteiger partial charge is 0.247 e. The first kappa shape index (κ1) is 17.9. The summed E-state index contributed by atoms with van der Waals surface area (Å²) >= 11 is 1.18. The highest BCUT2D eigenvalue weighted by Crippen LogP contribution is 2.27. The van der Waals surface area contributed by atoms with Crippen molar-refractivity contribution in [2.24, 2.45) is 17.2 Å². The second-order valence-corrected chi connectivity index (χ2v) is 9.00. The molecule has 0 amide bonds. The molecule has 0 aliphatic carbocycles. The van der Waals surface area contributed by atoms with Gasteiger partial charge in [0.1, 0.15) is 4.21 Å². The number of aliphatic imine (C=N–C) groups is 1. The van der Waals surface area contributed by atoms with Crippen LogP contribution in [0.25, 0.3) is 0 Å². The third-order valence-corrected chi connectivity index (χ3v) is 6.76. The summed E-state index contributed by atoms with van der Waals surface area (Å²) in [6.07, 6.45) is 5.04. The van der Waals surface area contributed by atoms with E-state index in [1.165, 1.54) is 23.0 Å². The van der Waals surface area contributed by atoms with Gasteiger partial charge >= 0.3 is 0 Å². The zero-order valence-corrected chi connectivity index (χ0v) is 15.8. The van der Waals surface area contributed by atoms with Gasteiger partial charge in [-0.2, -0.15) is 5.10 Å². The van der Waals surface area contributed by atoms with Gasteiger partial charge in [0.05, 0.1) is 12.7 Å². The van der Waals surface area contributed by atoms with Gasteiger partial charge in [0, 0.05) is 44.2 Å². The predicted octanol–water partition coefficient (Wildman–Crippen LogP) is 0.694. The second kappa shape index (κ2) is 7.14. The van der Waals surface area contributed by atoms with E-state index in [1.54, 1.807) is 13.1 Å². The number of aryl methyl sites for hydroxylation is 1. The fraction of sp³-hybridized carbons (Fsp3) is 0.467. The maximum Gasteiger partial charge on any atom is 0.247 e. The molecular weight excluding hydrogens is 360 g/mol. The molecule has 0 aromatic carbocycles. The summed E-state index contributed by atoms with van der Waals surface area (Å²) in [4.78, 5) is 7.46. The normalized spacial score (nSPS) is 18.8. The molecule has 3 heterocycles. The van der Waals surface area contributed by atoms with Gasteiger partial charge in [-0.15, -0.1) is 11.3 Å². The Bertz CT molecular complexity index is 870. The van der Waals surface area contributed by atoms with Crippen LogP contribution in [-0.4, -0.2) is 49.2 Å². The van der Waals surface area contributed by atoms with Crippen molar-refractivity contribution in [2.75, 3.05) is 20.1 Å². The lowest BCUT2D eigenvalue weighted by molar-refractivity contribution is 0.486. The number of rotatable bonds is 4. The van der Waals surface area contributed by atoms with Gasteiger partial charge in [-0.25, -0.2) is 13.6 Å². The van der Waals surface area contributed by atoms with Crippen molar-refractivity contribution in [3.8, 4) is 0 Å². The number of guanidine groups is 1. The molecule has 1 fully saturated rings. The lowest BCUT2D eigenvalue weighted by Gasteiger charge is -2.21. The number of thiophene rings is 1. The van der Waals surface area contributed by atoms with Crippen LogP contribution in [0.15, 0.2) is 33.7 Å². The highest BCUT2D eigenvalue weighted by atomic mass is 32.2. The van der Waals surface area contributed by atoms with Crippen molar-refractivity contribution in [1.29, 1.82) is 0 Å². The fourth-order valence-electron chi connectivity index (χ4n) is 2.98. The summed E-state index contributed by atoms with van der Waals surface area (Å²) < 4.78 is 24.7. The highest BCUT2D eigenvalue weighted by Gasteiger charge is 2.26. The lowest BCUT2D eigenvalue weighted by Crippen LogP contribution is -2.39. The van der Waals surface area contributed by atoms with E-state index in [-0.39, 0.29) is 4.21 Å². The largest absolute Gasteiger partial charge is 0.351 e. The Labute approximate surface area is 151 Å². The number of likely N-dealkylation sites (tertiary alicyclic amines) is 1. The molecule has 1 unspecified atom stereocenters. The predicted molar refractivity (Wildman–Crippen MR) is 98.0 cm³/mol. The van der Waals surface area contributed by atoms with Crippen molar-refractivity contribution in [3.05, 3.63) is 35.0 Å². The van der Waals surface area contributed by atoms with Crippen LogP contribution < -0.4 is 10.5 Å². The maximum absolute atomic E-state index is 11.4. The molecule has 25 heavy (non-hydrogen) atoms. The van der Waals surface area contributed by atoms with E-state index in [2.05, 4.69) is 26.5 Å². The van der Waals surface area contributed by atoms with E-state index in [9.17, 15) is 8.42 Å². The third kappa shape index (κ3) is 4.20. The molecule has 8 nitrogen and oxygen atoms in total. The molecule has 1 saturated heterocycles. The van der Waals surface area contributed by atoms with Crippen molar-refractivity contribution in [3.63, 3.8) is 0 Å². The summed E-state index contributed by atoms with van der Waals surface area (Å²) in [5, 5.41) is 12.7. The molecule has 0 bridgehead atoms. The fourth-order valence-corrected chi connectivity index (χ4v) is 4.70. The lowest BCUT2D eigenvalue weighted by atomic mass is 10.0. The van der Waals surface area contributed by atoms with Gasteiger partial charge in [0.25, 0.3) is 0 Å². The number of hydrogen-bond donors (Lipinski definition) is 2. The minimum absolute atomic E-state index is 0.178. The molecule has 1 aliphatic rings. The molecule has 0 spiro atoms. The molecule has 10 heteroatoms. The van der Waals surface area contributed by atoms with Crippen LogP contribution in [0.5, 0.6) is 0 Å². The van der Waals surface area contributed by atoms with Crippen LogP contribution in [0, 0.1) is 0 Å². The van der Waals surface area contributed by atoms with E-state index in [0.29, 0.717) is 12.5 Å². The van der Waals surface area contributed by atoms with E-state index < -0.39 is 10.0 Å². The first-order valence-corrected chi connectivity index (χ1v) is 10.3. The molecule has 3 rings (SSSR count). The van der Waals surface area contributed by atoms with E-state index in [1.807, 2.05) is 17.9 Å². The number of aromatic nitrogens is 2. The number of nitrogens with one attached hydrogen (secondary N) is 1. The number of nitrogens with two attached hydrogens (primary N) is 1. The zero-order chi connectivity index (χ0) is 18.0. The van der Waals surface area contributed by atoms with Gasteiger partial charge in [-0.3, -0.25) is 9.67 Å². The summed E-state index contributed by atoms with van der Waals surface area (Å²) in [5.74, 6) is 1.26. The Morgan fingerprint density at radius 1 is 1.52 bits per heavy atom. The van der Waals surface area contributed by atoms with Crippen LogP contribution in [-0.2, 0) is 23.6 Å².